The second kappa shape index (κ2) is 8.01. The highest BCUT2D eigenvalue weighted by Crippen LogP contribution is 2.04. The van der Waals surface area contributed by atoms with Crippen molar-refractivity contribution in [1.82, 2.24) is 0 Å². The van der Waals surface area contributed by atoms with Crippen LogP contribution >= 0.6 is 0 Å². The fourth-order valence-electron chi connectivity index (χ4n) is 1.13. The van der Waals surface area contributed by atoms with Crippen molar-refractivity contribution in [1.29, 1.82) is 0 Å². The first-order valence-electron chi connectivity index (χ1n) is 4.76. The number of ether oxygens (including phenoxy) is 1. The Labute approximate surface area is 79.6 Å². The number of carbonyl (C=O) groups excluding carboxylic acids is 1. The first-order chi connectivity index (χ1) is 6.22. The Morgan fingerprint density at radius 3 is 2.46 bits per heavy atom. The summed E-state index contributed by atoms with van der Waals surface area (Å²) in [5.74, 6) is -0.321. The molecule has 0 amide bonds. The molecule has 0 spiro atoms. The molecule has 1 unspecified atom stereocenters. The van der Waals surface area contributed by atoms with Gasteiger partial charge in [0.05, 0.1) is 7.11 Å². The summed E-state index contributed by atoms with van der Waals surface area (Å²) in [6.07, 6.45) is 4.92. The van der Waals surface area contributed by atoms with Gasteiger partial charge in [-0.15, -0.1) is 0 Å². The highest BCUT2D eigenvalue weighted by Gasteiger charge is 2.11. The second-order valence-corrected chi connectivity index (χ2v) is 3.12. The minimum Gasteiger partial charge on any atom is -0.468 e. The zero-order valence-electron chi connectivity index (χ0n) is 8.29. The van der Waals surface area contributed by atoms with Crippen LogP contribution in [0.5, 0.6) is 0 Å². The van der Waals surface area contributed by atoms with Crippen LogP contribution in [0.25, 0.3) is 0 Å². The highest BCUT2D eigenvalue weighted by molar-refractivity contribution is 5.75. The van der Waals surface area contributed by atoms with Gasteiger partial charge < -0.3 is 16.2 Å². The van der Waals surface area contributed by atoms with Crippen molar-refractivity contribution in [3.63, 3.8) is 0 Å². The van der Waals surface area contributed by atoms with Crippen molar-refractivity contribution < 1.29 is 9.53 Å². The molecule has 0 aliphatic rings. The monoisotopic (exact) mass is 188 g/mol. The van der Waals surface area contributed by atoms with Crippen LogP contribution in [-0.4, -0.2) is 25.7 Å². The van der Waals surface area contributed by atoms with Crippen LogP contribution < -0.4 is 11.5 Å². The van der Waals surface area contributed by atoms with E-state index < -0.39 is 6.04 Å². The van der Waals surface area contributed by atoms with Crippen molar-refractivity contribution in [2.45, 2.75) is 38.1 Å². The van der Waals surface area contributed by atoms with Gasteiger partial charge in [0.25, 0.3) is 0 Å². The molecule has 0 aliphatic carbocycles. The maximum atomic E-state index is 10.9. The number of rotatable bonds is 7. The van der Waals surface area contributed by atoms with Gasteiger partial charge in [-0.2, -0.15) is 0 Å². The molecule has 13 heavy (non-hydrogen) atoms. The molecule has 1 atom stereocenters. The maximum Gasteiger partial charge on any atom is 0.322 e. The minimum absolute atomic E-state index is 0.321. The van der Waals surface area contributed by atoms with Gasteiger partial charge in [0.15, 0.2) is 0 Å². The summed E-state index contributed by atoms with van der Waals surface area (Å²) in [6.45, 7) is 0.739. The molecule has 0 bridgehead atoms. The fourth-order valence-corrected chi connectivity index (χ4v) is 1.13. The van der Waals surface area contributed by atoms with E-state index in [1.165, 1.54) is 7.11 Å². The fraction of sp³-hybridized carbons (Fsp3) is 0.889. The van der Waals surface area contributed by atoms with Crippen molar-refractivity contribution in [2.75, 3.05) is 13.7 Å². The van der Waals surface area contributed by atoms with Gasteiger partial charge in [0.1, 0.15) is 6.04 Å². The van der Waals surface area contributed by atoms with E-state index >= 15 is 0 Å². The Hall–Kier alpha value is -0.610. The molecule has 0 saturated carbocycles. The van der Waals surface area contributed by atoms with Crippen LogP contribution in [-0.2, 0) is 9.53 Å². The summed E-state index contributed by atoms with van der Waals surface area (Å²) in [5.41, 5.74) is 10.9. The van der Waals surface area contributed by atoms with E-state index in [0.717, 1.165) is 32.2 Å². The first kappa shape index (κ1) is 12.4. The average molecular weight is 188 g/mol. The predicted octanol–water partition coefficient (Wildman–Crippen LogP) is 0.396. The molecule has 0 rings (SSSR count). The second-order valence-electron chi connectivity index (χ2n) is 3.12. The molecular weight excluding hydrogens is 168 g/mol. The molecule has 0 heterocycles. The molecule has 78 valence electrons. The van der Waals surface area contributed by atoms with E-state index in [0.29, 0.717) is 6.42 Å². The molecular formula is C9H20N2O2. The van der Waals surface area contributed by atoms with Gasteiger partial charge in [0.2, 0.25) is 0 Å². The Morgan fingerprint density at radius 2 is 1.92 bits per heavy atom. The van der Waals surface area contributed by atoms with Gasteiger partial charge in [-0.25, -0.2) is 0 Å². The Kier molecular flexibility index (Phi) is 7.63. The summed E-state index contributed by atoms with van der Waals surface area (Å²) in [4.78, 5) is 10.9. The number of unbranched alkanes of at least 4 members (excludes halogenated alkanes) is 3. The minimum atomic E-state index is -0.456. The molecule has 4 nitrogen and oxygen atoms in total. The third kappa shape index (κ3) is 6.54. The summed E-state index contributed by atoms with van der Waals surface area (Å²) in [6, 6.07) is -0.456. The molecule has 0 aliphatic heterocycles. The molecule has 0 fully saturated rings. The number of esters is 1. The van der Waals surface area contributed by atoms with E-state index in [-0.39, 0.29) is 5.97 Å². The SMILES string of the molecule is COC(=O)C(N)CCCCCCN. The summed E-state index contributed by atoms with van der Waals surface area (Å²) in [7, 11) is 1.36. The Balaban J connectivity index is 3.26. The van der Waals surface area contributed by atoms with E-state index in [1.807, 2.05) is 0 Å². The van der Waals surface area contributed by atoms with Crippen LogP contribution in [0.3, 0.4) is 0 Å². The largest absolute Gasteiger partial charge is 0.468 e. The van der Waals surface area contributed by atoms with Gasteiger partial charge in [-0.1, -0.05) is 19.3 Å². The normalized spacial score (nSPS) is 12.5. The highest BCUT2D eigenvalue weighted by atomic mass is 16.5. The predicted molar refractivity (Wildman–Crippen MR) is 52.1 cm³/mol. The molecule has 0 aromatic carbocycles. The van der Waals surface area contributed by atoms with E-state index in [9.17, 15) is 4.79 Å². The molecule has 0 aromatic rings. The van der Waals surface area contributed by atoms with Crippen LogP contribution in [0, 0.1) is 0 Å². The lowest BCUT2D eigenvalue weighted by atomic mass is 10.1. The number of methoxy groups -OCH3 is 1. The van der Waals surface area contributed by atoms with E-state index in [4.69, 9.17) is 11.5 Å². The van der Waals surface area contributed by atoms with Crippen LogP contribution in [0.2, 0.25) is 0 Å². The summed E-state index contributed by atoms with van der Waals surface area (Å²) < 4.78 is 4.51. The molecule has 4 N–H and O–H groups in total. The lowest BCUT2D eigenvalue weighted by Gasteiger charge is -2.08. The third-order valence-electron chi connectivity index (χ3n) is 1.97. The lowest BCUT2D eigenvalue weighted by molar-refractivity contribution is -0.142. The maximum absolute atomic E-state index is 10.9. The van der Waals surface area contributed by atoms with Crippen LogP contribution in [0.4, 0.5) is 0 Å². The van der Waals surface area contributed by atoms with Crippen molar-refractivity contribution >= 4 is 5.97 Å². The van der Waals surface area contributed by atoms with Crippen molar-refractivity contribution in [2.24, 2.45) is 11.5 Å². The van der Waals surface area contributed by atoms with Gasteiger partial charge >= 0.3 is 5.97 Å². The Bertz CT molecular complexity index is 140. The average Bonchev–Trinajstić information content (AvgIpc) is 2.16. The number of hydrogen-bond donors (Lipinski definition) is 2. The van der Waals surface area contributed by atoms with Crippen molar-refractivity contribution in [3.05, 3.63) is 0 Å². The molecule has 0 aromatic heterocycles. The van der Waals surface area contributed by atoms with Crippen LogP contribution in [0.1, 0.15) is 32.1 Å². The first-order valence-corrected chi connectivity index (χ1v) is 4.76. The summed E-state index contributed by atoms with van der Waals surface area (Å²) >= 11 is 0. The number of hydrogen-bond acceptors (Lipinski definition) is 4. The summed E-state index contributed by atoms with van der Waals surface area (Å²) in [5, 5.41) is 0. The topological polar surface area (TPSA) is 78.3 Å². The Morgan fingerprint density at radius 1 is 1.31 bits per heavy atom. The van der Waals surface area contributed by atoms with Gasteiger partial charge in [0, 0.05) is 0 Å². The van der Waals surface area contributed by atoms with Gasteiger partial charge in [-0.3, -0.25) is 4.79 Å². The van der Waals surface area contributed by atoms with Crippen LogP contribution in [0.15, 0.2) is 0 Å². The number of carbonyl (C=O) groups is 1. The van der Waals surface area contributed by atoms with E-state index in [2.05, 4.69) is 4.74 Å². The smallest absolute Gasteiger partial charge is 0.322 e. The zero-order valence-corrected chi connectivity index (χ0v) is 8.29. The molecule has 4 heteroatoms. The zero-order chi connectivity index (χ0) is 10.1. The lowest BCUT2D eigenvalue weighted by Crippen LogP contribution is -2.31. The molecule has 0 saturated heterocycles. The molecule has 0 radical (unpaired) electrons. The third-order valence-corrected chi connectivity index (χ3v) is 1.97. The van der Waals surface area contributed by atoms with Crippen molar-refractivity contribution in [3.8, 4) is 0 Å². The number of nitrogens with two attached hydrogens (primary N) is 2. The van der Waals surface area contributed by atoms with E-state index in [1.54, 1.807) is 0 Å². The standard InChI is InChI=1S/C9H20N2O2/c1-13-9(12)8(11)6-4-2-3-5-7-10/h8H,2-7,10-11H2,1H3. The van der Waals surface area contributed by atoms with Gasteiger partial charge in [-0.05, 0) is 19.4 Å². The quantitative estimate of drug-likeness (QED) is 0.447.